The Hall–Kier alpha value is -3.00. The summed E-state index contributed by atoms with van der Waals surface area (Å²) in [6, 6.07) is 13.7. The van der Waals surface area contributed by atoms with Crippen molar-refractivity contribution in [2.45, 2.75) is 25.8 Å². The van der Waals surface area contributed by atoms with Crippen molar-refractivity contribution in [1.82, 2.24) is 19.7 Å². The minimum absolute atomic E-state index is 0.0480. The lowest BCUT2D eigenvalue weighted by Gasteiger charge is -2.31. The third-order valence-electron chi connectivity index (χ3n) is 5.19. The number of hydrogen-bond donors (Lipinski definition) is 1. The number of amides is 1. The molecule has 3 heterocycles. The molecular formula is C22H25N5O2S. The summed E-state index contributed by atoms with van der Waals surface area (Å²) < 4.78 is 9.81. The first-order valence-corrected chi connectivity index (χ1v) is 10.9. The molecule has 1 atom stereocenters. The van der Waals surface area contributed by atoms with E-state index in [2.05, 4.69) is 19.6 Å². The van der Waals surface area contributed by atoms with Crippen LogP contribution >= 0.6 is 11.5 Å². The van der Waals surface area contributed by atoms with Crippen LogP contribution in [0, 0.1) is 5.92 Å². The molecular weight excluding hydrogens is 398 g/mol. The highest BCUT2D eigenvalue weighted by atomic mass is 32.1. The van der Waals surface area contributed by atoms with Gasteiger partial charge in [0.15, 0.2) is 0 Å². The van der Waals surface area contributed by atoms with Crippen LogP contribution in [-0.4, -0.2) is 40.4 Å². The SMILES string of the molecule is COc1cccc(Cc2nsc(N3CCCC(C(=O)NCc4ccccn4)C3)n2)c1. The quantitative estimate of drug-likeness (QED) is 0.629. The predicted molar refractivity (Wildman–Crippen MR) is 117 cm³/mol. The molecule has 1 aliphatic rings. The lowest BCUT2D eigenvalue weighted by atomic mass is 9.97. The van der Waals surface area contributed by atoms with Crippen LogP contribution in [0.25, 0.3) is 0 Å². The third kappa shape index (κ3) is 5.13. The normalized spacial score (nSPS) is 16.3. The van der Waals surface area contributed by atoms with Gasteiger partial charge in [0.2, 0.25) is 11.0 Å². The summed E-state index contributed by atoms with van der Waals surface area (Å²) in [5, 5.41) is 3.90. The predicted octanol–water partition coefficient (Wildman–Crippen LogP) is 3.07. The summed E-state index contributed by atoms with van der Waals surface area (Å²) in [5.41, 5.74) is 1.98. The fourth-order valence-electron chi connectivity index (χ4n) is 3.60. The van der Waals surface area contributed by atoms with Gasteiger partial charge < -0.3 is 15.0 Å². The van der Waals surface area contributed by atoms with Crippen molar-refractivity contribution in [3.05, 3.63) is 65.7 Å². The zero-order valence-electron chi connectivity index (χ0n) is 17.0. The van der Waals surface area contributed by atoms with E-state index in [4.69, 9.17) is 9.72 Å². The molecule has 2 aromatic heterocycles. The highest BCUT2D eigenvalue weighted by Gasteiger charge is 2.27. The number of ether oxygens (including phenoxy) is 1. The summed E-state index contributed by atoms with van der Waals surface area (Å²) >= 11 is 1.40. The summed E-state index contributed by atoms with van der Waals surface area (Å²) in [6.07, 6.45) is 4.25. The van der Waals surface area contributed by atoms with Crippen molar-refractivity contribution in [3.63, 3.8) is 0 Å². The first-order valence-electron chi connectivity index (χ1n) is 10.1. The molecule has 30 heavy (non-hydrogen) atoms. The molecule has 0 radical (unpaired) electrons. The van der Waals surface area contributed by atoms with Crippen LogP contribution in [0.3, 0.4) is 0 Å². The van der Waals surface area contributed by atoms with E-state index in [0.717, 1.165) is 47.3 Å². The lowest BCUT2D eigenvalue weighted by molar-refractivity contribution is -0.125. The monoisotopic (exact) mass is 423 g/mol. The molecule has 0 bridgehead atoms. The Morgan fingerprint density at radius 2 is 2.23 bits per heavy atom. The van der Waals surface area contributed by atoms with Crippen LogP contribution in [0.4, 0.5) is 5.13 Å². The maximum Gasteiger partial charge on any atom is 0.225 e. The standard InChI is InChI=1S/C22H25N5O2S/c1-29-19-9-4-6-16(12-19)13-20-25-22(30-26-20)27-11-5-7-17(15-27)21(28)24-14-18-8-2-3-10-23-18/h2-4,6,8-10,12,17H,5,7,11,13-15H2,1H3,(H,24,28). The second kappa shape index (κ2) is 9.67. The van der Waals surface area contributed by atoms with Gasteiger partial charge in [-0.1, -0.05) is 18.2 Å². The first-order chi connectivity index (χ1) is 14.7. The Balaban J connectivity index is 1.34. The molecule has 1 aromatic carbocycles. The molecule has 0 aliphatic carbocycles. The molecule has 0 spiro atoms. The minimum Gasteiger partial charge on any atom is -0.497 e. The second-order valence-corrected chi connectivity index (χ2v) is 8.08. The summed E-state index contributed by atoms with van der Waals surface area (Å²) in [5.74, 6) is 1.66. The minimum atomic E-state index is -0.0480. The molecule has 1 amide bonds. The Bertz CT molecular complexity index is 978. The number of pyridine rings is 1. The maximum absolute atomic E-state index is 12.6. The van der Waals surface area contributed by atoms with Crippen LogP contribution in [0.1, 0.15) is 29.9 Å². The van der Waals surface area contributed by atoms with Crippen molar-refractivity contribution in [1.29, 1.82) is 0 Å². The summed E-state index contributed by atoms with van der Waals surface area (Å²) in [6.45, 7) is 2.03. The van der Waals surface area contributed by atoms with Crippen LogP contribution in [0.5, 0.6) is 5.75 Å². The molecule has 1 saturated heterocycles. The van der Waals surface area contributed by atoms with Gasteiger partial charge in [0, 0.05) is 37.2 Å². The van der Waals surface area contributed by atoms with E-state index in [1.807, 2.05) is 42.5 Å². The fourth-order valence-corrected chi connectivity index (χ4v) is 4.32. The van der Waals surface area contributed by atoms with Crippen LogP contribution in [0.15, 0.2) is 48.7 Å². The fraction of sp³-hybridized carbons (Fsp3) is 0.364. The number of aromatic nitrogens is 3. The van der Waals surface area contributed by atoms with E-state index >= 15 is 0 Å². The number of rotatable bonds is 7. The Kier molecular flexibility index (Phi) is 6.53. The molecule has 1 aliphatic heterocycles. The van der Waals surface area contributed by atoms with E-state index in [1.54, 1.807) is 13.3 Å². The number of methoxy groups -OCH3 is 1. The average molecular weight is 424 g/mol. The number of benzene rings is 1. The van der Waals surface area contributed by atoms with Gasteiger partial charge in [-0.15, -0.1) is 0 Å². The van der Waals surface area contributed by atoms with E-state index in [0.29, 0.717) is 19.5 Å². The van der Waals surface area contributed by atoms with Crippen LogP contribution < -0.4 is 15.0 Å². The number of piperidine rings is 1. The van der Waals surface area contributed by atoms with Gasteiger partial charge in [0.25, 0.3) is 0 Å². The van der Waals surface area contributed by atoms with E-state index in [1.165, 1.54) is 11.5 Å². The van der Waals surface area contributed by atoms with Crippen molar-refractivity contribution in [2.75, 3.05) is 25.1 Å². The van der Waals surface area contributed by atoms with Gasteiger partial charge >= 0.3 is 0 Å². The van der Waals surface area contributed by atoms with Crippen molar-refractivity contribution in [3.8, 4) is 5.75 Å². The Morgan fingerprint density at radius 1 is 1.30 bits per heavy atom. The number of hydrogen-bond acceptors (Lipinski definition) is 7. The summed E-state index contributed by atoms with van der Waals surface area (Å²) in [7, 11) is 1.66. The zero-order valence-corrected chi connectivity index (χ0v) is 17.8. The summed E-state index contributed by atoms with van der Waals surface area (Å²) in [4.78, 5) is 23.8. The van der Waals surface area contributed by atoms with Gasteiger partial charge in [-0.05, 0) is 42.7 Å². The van der Waals surface area contributed by atoms with E-state index in [9.17, 15) is 4.79 Å². The van der Waals surface area contributed by atoms with Gasteiger partial charge in [-0.3, -0.25) is 9.78 Å². The molecule has 0 saturated carbocycles. The van der Waals surface area contributed by atoms with Crippen LogP contribution in [-0.2, 0) is 17.8 Å². The van der Waals surface area contributed by atoms with Gasteiger partial charge in [-0.2, -0.15) is 4.37 Å². The number of carbonyl (C=O) groups excluding carboxylic acids is 1. The van der Waals surface area contributed by atoms with E-state index < -0.39 is 0 Å². The van der Waals surface area contributed by atoms with Gasteiger partial charge in [0.1, 0.15) is 11.6 Å². The zero-order chi connectivity index (χ0) is 20.8. The average Bonchev–Trinajstić information content (AvgIpc) is 3.27. The first kappa shape index (κ1) is 20.3. The molecule has 1 N–H and O–H groups in total. The van der Waals surface area contributed by atoms with Gasteiger partial charge in [0.05, 0.1) is 25.3 Å². The van der Waals surface area contributed by atoms with Gasteiger partial charge in [-0.25, -0.2) is 4.98 Å². The molecule has 1 unspecified atom stereocenters. The Morgan fingerprint density at radius 3 is 3.07 bits per heavy atom. The smallest absolute Gasteiger partial charge is 0.225 e. The lowest BCUT2D eigenvalue weighted by Crippen LogP contribution is -2.43. The third-order valence-corrected chi connectivity index (χ3v) is 6.00. The molecule has 4 rings (SSSR count). The number of carbonyl (C=O) groups is 1. The van der Waals surface area contributed by atoms with Crippen LogP contribution in [0.2, 0.25) is 0 Å². The molecule has 1 fully saturated rings. The molecule has 8 heteroatoms. The number of anilines is 1. The molecule has 3 aromatic rings. The topological polar surface area (TPSA) is 80.2 Å². The molecule has 156 valence electrons. The molecule has 7 nitrogen and oxygen atoms in total. The van der Waals surface area contributed by atoms with Crippen molar-refractivity contribution in [2.24, 2.45) is 5.92 Å². The van der Waals surface area contributed by atoms with E-state index in [-0.39, 0.29) is 11.8 Å². The maximum atomic E-state index is 12.6. The highest BCUT2D eigenvalue weighted by Crippen LogP contribution is 2.26. The Labute approximate surface area is 180 Å². The second-order valence-electron chi connectivity index (χ2n) is 7.35. The number of nitrogens with zero attached hydrogens (tertiary/aromatic N) is 4. The van der Waals surface area contributed by atoms with Crippen molar-refractivity contribution < 1.29 is 9.53 Å². The largest absolute Gasteiger partial charge is 0.497 e. The van der Waals surface area contributed by atoms with Crippen molar-refractivity contribution >= 4 is 22.6 Å². The number of nitrogens with one attached hydrogen (secondary N) is 1. The highest BCUT2D eigenvalue weighted by molar-refractivity contribution is 7.09.